The lowest BCUT2D eigenvalue weighted by Gasteiger charge is -2.02. The van der Waals surface area contributed by atoms with Crippen molar-refractivity contribution in [3.63, 3.8) is 0 Å². The van der Waals surface area contributed by atoms with E-state index >= 15 is 0 Å². The fourth-order valence-electron chi connectivity index (χ4n) is 1.62. The molecule has 2 aromatic rings. The average molecular weight is 202 g/mol. The molecule has 78 valence electrons. The third kappa shape index (κ3) is 1.92. The minimum absolute atomic E-state index is 0.486. The molecule has 1 aromatic heterocycles. The van der Waals surface area contributed by atoms with Crippen LogP contribution in [0.1, 0.15) is 18.7 Å². The van der Waals surface area contributed by atoms with Gasteiger partial charge in [0.25, 0.3) is 0 Å². The smallest absolute Gasteiger partial charge is 0.0928 e. The van der Waals surface area contributed by atoms with Gasteiger partial charge in [-0.05, 0) is 13.0 Å². The topological polar surface area (TPSA) is 38.1 Å². The molecule has 0 aliphatic carbocycles. The fourth-order valence-corrected chi connectivity index (χ4v) is 1.62. The van der Waals surface area contributed by atoms with Gasteiger partial charge in [-0.15, -0.1) is 0 Å². The SMILES string of the molecule is C[C@@H](O)c1cc(-c2ccccc2)nn1C. The van der Waals surface area contributed by atoms with Crippen LogP contribution in [0.4, 0.5) is 0 Å². The van der Waals surface area contributed by atoms with Crippen LogP contribution >= 0.6 is 0 Å². The Morgan fingerprint density at radius 1 is 1.27 bits per heavy atom. The van der Waals surface area contributed by atoms with Crippen molar-refractivity contribution in [2.45, 2.75) is 13.0 Å². The van der Waals surface area contributed by atoms with Crippen molar-refractivity contribution in [1.29, 1.82) is 0 Å². The Hall–Kier alpha value is -1.61. The molecule has 1 atom stereocenters. The number of nitrogens with zero attached hydrogens (tertiary/aromatic N) is 2. The summed E-state index contributed by atoms with van der Waals surface area (Å²) in [6.45, 7) is 1.74. The summed E-state index contributed by atoms with van der Waals surface area (Å²) in [7, 11) is 1.84. The van der Waals surface area contributed by atoms with Gasteiger partial charge in [0, 0.05) is 12.6 Å². The lowest BCUT2D eigenvalue weighted by atomic mass is 10.1. The number of hydrogen-bond donors (Lipinski definition) is 1. The van der Waals surface area contributed by atoms with E-state index in [9.17, 15) is 5.11 Å². The highest BCUT2D eigenvalue weighted by molar-refractivity contribution is 5.59. The van der Waals surface area contributed by atoms with Crippen molar-refractivity contribution < 1.29 is 5.11 Å². The van der Waals surface area contributed by atoms with Crippen molar-refractivity contribution in [1.82, 2.24) is 9.78 Å². The Kier molecular flexibility index (Phi) is 2.56. The van der Waals surface area contributed by atoms with E-state index in [-0.39, 0.29) is 0 Å². The number of aromatic nitrogens is 2. The molecule has 0 aliphatic heterocycles. The Balaban J connectivity index is 2.43. The summed E-state index contributed by atoms with van der Waals surface area (Å²) in [5.74, 6) is 0. The van der Waals surface area contributed by atoms with Crippen molar-refractivity contribution in [3.8, 4) is 11.3 Å². The Bertz CT molecular complexity index is 446. The van der Waals surface area contributed by atoms with Crippen LogP contribution in [0.2, 0.25) is 0 Å². The maximum atomic E-state index is 9.50. The van der Waals surface area contributed by atoms with Gasteiger partial charge < -0.3 is 5.11 Å². The molecule has 3 nitrogen and oxygen atoms in total. The molecule has 15 heavy (non-hydrogen) atoms. The standard InChI is InChI=1S/C12H14N2O/c1-9(15)12-8-11(13-14(12)2)10-6-4-3-5-7-10/h3-9,15H,1-2H3/t9-/m1/s1. The normalized spacial score (nSPS) is 12.7. The summed E-state index contributed by atoms with van der Waals surface area (Å²) in [4.78, 5) is 0. The number of aliphatic hydroxyl groups excluding tert-OH is 1. The zero-order chi connectivity index (χ0) is 10.8. The Morgan fingerprint density at radius 2 is 1.93 bits per heavy atom. The third-order valence-corrected chi connectivity index (χ3v) is 2.41. The molecule has 0 saturated heterocycles. The number of hydrogen-bond acceptors (Lipinski definition) is 2. The second kappa shape index (κ2) is 3.87. The summed E-state index contributed by atoms with van der Waals surface area (Å²) in [6.07, 6.45) is -0.486. The first-order chi connectivity index (χ1) is 7.18. The van der Waals surface area contributed by atoms with Gasteiger partial charge in [0.1, 0.15) is 0 Å². The summed E-state index contributed by atoms with van der Waals surface area (Å²) >= 11 is 0. The van der Waals surface area contributed by atoms with Crippen LogP contribution in [-0.2, 0) is 7.05 Å². The molecule has 1 heterocycles. The fraction of sp³-hybridized carbons (Fsp3) is 0.250. The largest absolute Gasteiger partial charge is 0.387 e. The first kappa shape index (κ1) is 9.93. The highest BCUT2D eigenvalue weighted by Crippen LogP contribution is 2.21. The van der Waals surface area contributed by atoms with Crippen LogP contribution in [0.5, 0.6) is 0 Å². The highest BCUT2D eigenvalue weighted by Gasteiger charge is 2.10. The highest BCUT2D eigenvalue weighted by atomic mass is 16.3. The molecule has 0 fully saturated rings. The predicted octanol–water partition coefficient (Wildman–Crippen LogP) is 2.14. The van der Waals surface area contributed by atoms with Crippen molar-refractivity contribution in [2.24, 2.45) is 7.05 Å². The van der Waals surface area contributed by atoms with E-state index in [4.69, 9.17) is 0 Å². The second-order valence-electron chi connectivity index (χ2n) is 3.62. The molecule has 1 aromatic carbocycles. The second-order valence-corrected chi connectivity index (χ2v) is 3.62. The average Bonchev–Trinajstić information content (AvgIpc) is 2.62. The van der Waals surface area contributed by atoms with Crippen LogP contribution in [0.3, 0.4) is 0 Å². The molecule has 0 amide bonds. The lowest BCUT2D eigenvalue weighted by Crippen LogP contribution is -2.01. The Labute approximate surface area is 89.0 Å². The van der Waals surface area contributed by atoms with Gasteiger partial charge in [-0.25, -0.2) is 0 Å². The molecule has 0 unspecified atom stereocenters. The van der Waals surface area contributed by atoms with Crippen LogP contribution in [0.25, 0.3) is 11.3 Å². The van der Waals surface area contributed by atoms with E-state index in [0.29, 0.717) is 0 Å². The molecule has 3 heteroatoms. The quantitative estimate of drug-likeness (QED) is 0.810. The van der Waals surface area contributed by atoms with Gasteiger partial charge in [0.2, 0.25) is 0 Å². The zero-order valence-electron chi connectivity index (χ0n) is 8.88. The minimum atomic E-state index is -0.486. The molecular formula is C12H14N2O. The summed E-state index contributed by atoms with van der Waals surface area (Å²) < 4.78 is 1.72. The summed E-state index contributed by atoms with van der Waals surface area (Å²) in [6, 6.07) is 11.9. The van der Waals surface area contributed by atoms with Gasteiger partial charge >= 0.3 is 0 Å². The van der Waals surface area contributed by atoms with E-state index in [2.05, 4.69) is 5.10 Å². The third-order valence-electron chi connectivity index (χ3n) is 2.41. The van der Waals surface area contributed by atoms with Crippen LogP contribution in [0.15, 0.2) is 36.4 Å². The van der Waals surface area contributed by atoms with E-state index in [0.717, 1.165) is 17.0 Å². The van der Waals surface area contributed by atoms with Gasteiger partial charge in [0.15, 0.2) is 0 Å². The summed E-state index contributed by atoms with van der Waals surface area (Å²) in [5, 5.41) is 13.9. The van der Waals surface area contributed by atoms with Crippen LogP contribution < -0.4 is 0 Å². The van der Waals surface area contributed by atoms with Crippen LogP contribution in [-0.4, -0.2) is 14.9 Å². The van der Waals surface area contributed by atoms with Crippen LogP contribution in [0, 0.1) is 0 Å². The molecular weight excluding hydrogens is 188 g/mol. The van der Waals surface area contributed by atoms with Crippen molar-refractivity contribution >= 4 is 0 Å². The van der Waals surface area contributed by atoms with E-state index in [1.54, 1.807) is 11.6 Å². The first-order valence-corrected chi connectivity index (χ1v) is 4.96. The molecule has 2 rings (SSSR count). The molecule has 1 N–H and O–H groups in total. The summed E-state index contributed by atoms with van der Waals surface area (Å²) in [5.41, 5.74) is 2.79. The minimum Gasteiger partial charge on any atom is -0.387 e. The van der Waals surface area contributed by atoms with E-state index in [1.165, 1.54) is 0 Å². The molecule has 0 bridgehead atoms. The maximum absolute atomic E-state index is 9.50. The predicted molar refractivity (Wildman–Crippen MR) is 59.3 cm³/mol. The van der Waals surface area contributed by atoms with E-state index < -0.39 is 6.10 Å². The van der Waals surface area contributed by atoms with E-state index in [1.807, 2.05) is 43.4 Å². The van der Waals surface area contributed by atoms with Gasteiger partial charge in [0.05, 0.1) is 17.5 Å². The number of aliphatic hydroxyl groups is 1. The Morgan fingerprint density at radius 3 is 2.47 bits per heavy atom. The van der Waals surface area contributed by atoms with Gasteiger partial charge in [-0.2, -0.15) is 5.10 Å². The molecule has 0 radical (unpaired) electrons. The molecule has 0 saturated carbocycles. The van der Waals surface area contributed by atoms with Crippen molar-refractivity contribution in [2.75, 3.05) is 0 Å². The zero-order valence-corrected chi connectivity index (χ0v) is 8.88. The molecule has 0 aliphatic rings. The number of aryl methyl sites for hydroxylation is 1. The maximum Gasteiger partial charge on any atom is 0.0928 e. The molecule has 0 spiro atoms. The number of benzene rings is 1. The number of rotatable bonds is 2. The lowest BCUT2D eigenvalue weighted by molar-refractivity contribution is 0.189. The monoisotopic (exact) mass is 202 g/mol. The van der Waals surface area contributed by atoms with Gasteiger partial charge in [-0.1, -0.05) is 30.3 Å². The first-order valence-electron chi connectivity index (χ1n) is 4.96. The van der Waals surface area contributed by atoms with Crippen molar-refractivity contribution in [3.05, 3.63) is 42.1 Å². The van der Waals surface area contributed by atoms with Gasteiger partial charge in [-0.3, -0.25) is 4.68 Å².